The maximum atomic E-state index is 11.2. The first-order chi connectivity index (χ1) is 6.66. The fraction of sp³-hybridized carbons (Fsp3) is 0.750. The van der Waals surface area contributed by atoms with Crippen LogP contribution in [0.15, 0.2) is 12.2 Å². The molecule has 0 amide bonds. The molecular weight excluding hydrogens is 176 g/mol. The zero-order chi connectivity index (χ0) is 10.1. The normalized spacial score (nSPS) is 34.5. The van der Waals surface area contributed by atoms with Crippen molar-refractivity contribution in [2.24, 2.45) is 17.8 Å². The Kier molecular flexibility index (Phi) is 2.62. The molecule has 2 aliphatic carbocycles. The molecule has 3 unspecified atom stereocenters. The molecule has 0 radical (unpaired) electrons. The maximum absolute atomic E-state index is 11.2. The first-order valence-electron chi connectivity index (χ1n) is 5.49. The van der Waals surface area contributed by atoms with Gasteiger partial charge in [-0.05, 0) is 43.9 Å². The number of hydrogen-bond donors (Lipinski definition) is 0. The van der Waals surface area contributed by atoms with Gasteiger partial charge in [-0.1, -0.05) is 13.0 Å². The van der Waals surface area contributed by atoms with E-state index in [0.717, 1.165) is 11.8 Å². The molecule has 0 N–H and O–H groups in total. The van der Waals surface area contributed by atoms with E-state index in [-0.39, 0.29) is 5.97 Å². The fourth-order valence-electron chi connectivity index (χ4n) is 2.89. The van der Waals surface area contributed by atoms with Gasteiger partial charge < -0.3 is 4.74 Å². The van der Waals surface area contributed by atoms with Gasteiger partial charge >= 0.3 is 5.97 Å². The summed E-state index contributed by atoms with van der Waals surface area (Å²) < 4.78 is 5.20. The Hall–Kier alpha value is -0.790. The molecule has 2 rings (SSSR count). The Morgan fingerprint density at radius 2 is 2.21 bits per heavy atom. The smallest absolute Gasteiger partial charge is 0.333 e. The molecular formula is C12H18O2. The van der Waals surface area contributed by atoms with Crippen molar-refractivity contribution >= 4 is 5.97 Å². The third kappa shape index (κ3) is 1.84. The lowest BCUT2D eigenvalue weighted by Crippen LogP contribution is -2.19. The number of fused-ring (bicyclic) bond motifs is 2. The van der Waals surface area contributed by atoms with Crippen molar-refractivity contribution < 1.29 is 9.53 Å². The largest absolute Gasteiger partial charge is 0.462 e. The molecule has 2 bridgehead atoms. The zero-order valence-corrected chi connectivity index (χ0v) is 8.79. The van der Waals surface area contributed by atoms with Gasteiger partial charge in [0.15, 0.2) is 0 Å². The quantitative estimate of drug-likeness (QED) is 0.510. The van der Waals surface area contributed by atoms with E-state index in [1.165, 1.54) is 25.7 Å². The third-order valence-corrected chi connectivity index (χ3v) is 3.66. The maximum Gasteiger partial charge on any atom is 0.333 e. The summed E-state index contributed by atoms with van der Waals surface area (Å²) in [6, 6.07) is 0. The molecule has 0 saturated heterocycles. The van der Waals surface area contributed by atoms with Crippen molar-refractivity contribution in [2.75, 3.05) is 6.61 Å². The Labute approximate surface area is 85.3 Å². The predicted molar refractivity (Wildman–Crippen MR) is 54.7 cm³/mol. The first-order valence-corrected chi connectivity index (χ1v) is 5.49. The van der Waals surface area contributed by atoms with E-state index in [9.17, 15) is 4.79 Å². The number of carbonyl (C=O) groups is 1. The van der Waals surface area contributed by atoms with Gasteiger partial charge in [-0.25, -0.2) is 4.79 Å². The second kappa shape index (κ2) is 3.76. The van der Waals surface area contributed by atoms with Crippen LogP contribution in [0, 0.1) is 17.8 Å². The van der Waals surface area contributed by atoms with Crippen molar-refractivity contribution in [1.29, 1.82) is 0 Å². The van der Waals surface area contributed by atoms with Gasteiger partial charge in [-0.15, -0.1) is 0 Å². The van der Waals surface area contributed by atoms with Crippen LogP contribution in [0.3, 0.4) is 0 Å². The second-order valence-corrected chi connectivity index (χ2v) is 4.81. The van der Waals surface area contributed by atoms with Crippen molar-refractivity contribution in [3.8, 4) is 0 Å². The number of carbonyl (C=O) groups excluding carboxylic acids is 1. The molecule has 78 valence electrons. The molecule has 2 heteroatoms. The van der Waals surface area contributed by atoms with E-state index in [4.69, 9.17) is 4.74 Å². The summed E-state index contributed by atoms with van der Waals surface area (Å²) >= 11 is 0. The number of esters is 1. The number of rotatable bonds is 3. The zero-order valence-electron chi connectivity index (χ0n) is 8.79. The Morgan fingerprint density at radius 1 is 1.43 bits per heavy atom. The average Bonchev–Trinajstić information content (AvgIpc) is 2.74. The van der Waals surface area contributed by atoms with Crippen LogP contribution >= 0.6 is 0 Å². The summed E-state index contributed by atoms with van der Waals surface area (Å²) in [5, 5.41) is 0. The number of hydrogen-bond acceptors (Lipinski definition) is 2. The van der Waals surface area contributed by atoms with Crippen molar-refractivity contribution in [3.05, 3.63) is 12.2 Å². The minimum Gasteiger partial charge on any atom is -0.462 e. The fourth-order valence-corrected chi connectivity index (χ4v) is 2.89. The summed E-state index contributed by atoms with van der Waals surface area (Å²) in [5.41, 5.74) is 0.508. The van der Waals surface area contributed by atoms with Crippen LogP contribution in [0.25, 0.3) is 0 Å². The van der Waals surface area contributed by atoms with Gasteiger partial charge in [0, 0.05) is 5.57 Å². The lowest BCUT2D eigenvalue weighted by molar-refractivity contribution is -0.140. The van der Waals surface area contributed by atoms with Gasteiger partial charge in [0.2, 0.25) is 0 Å². The molecule has 0 aromatic carbocycles. The monoisotopic (exact) mass is 194 g/mol. The first kappa shape index (κ1) is 9.75. The summed E-state index contributed by atoms with van der Waals surface area (Å²) in [7, 11) is 0. The molecule has 2 aliphatic rings. The van der Waals surface area contributed by atoms with Crippen LogP contribution in [0.4, 0.5) is 0 Å². The average molecular weight is 194 g/mol. The highest BCUT2D eigenvalue weighted by Gasteiger charge is 2.39. The molecule has 0 spiro atoms. The predicted octanol–water partition coefficient (Wildman–Crippen LogP) is 2.54. The summed E-state index contributed by atoms with van der Waals surface area (Å²) in [6.07, 6.45) is 5.39. The van der Waals surface area contributed by atoms with Gasteiger partial charge in [0.25, 0.3) is 0 Å². The van der Waals surface area contributed by atoms with Crippen molar-refractivity contribution in [3.63, 3.8) is 0 Å². The van der Waals surface area contributed by atoms with Crippen LogP contribution in [0.5, 0.6) is 0 Å². The van der Waals surface area contributed by atoms with Crippen molar-refractivity contribution in [2.45, 2.75) is 32.6 Å². The minimum absolute atomic E-state index is 0.229. The van der Waals surface area contributed by atoms with Crippen LogP contribution in [0.2, 0.25) is 0 Å². The standard InChI is InChI=1S/C12H18O2/c1-8(2)12(13)14-7-11-6-9-3-4-10(11)5-9/h9-11H,1,3-7H2,2H3. The number of ether oxygens (including phenoxy) is 1. The minimum atomic E-state index is -0.229. The molecule has 0 aromatic heterocycles. The molecule has 0 aliphatic heterocycles. The van der Waals surface area contributed by atoms with E-state index < -0.39 is 0 Å². The Bertz CT molecular complexity index is 257. The highest BCUT2D eigenvalue weighted by molar-refractivity contribution is 5.86. The van der Waals surface area contributed by atoms with E-state index in [1.807, 2.05) is 0 Å². The SMILES string of the molecule is C=C(C)C(=O)OCC1CC2CCC1C2. The molecule has 0 heterocycles. The van der Waals surface area contributed by atoms with Crippen LogP contribution in [-0.2, 0) is 9.53 Å². The van der Waals surface area contributed by atoms with Crippen LogP contribution < -0.4 is 0 Å². The third-order valence-electron chi connectivity index (χ3n) is 3.66. The van der Waals surface area contributed by atoms with E-state index in [0.29, 0.717) is 18.1 Å². The summed E-state index contributed by atoms with van der Waals surface area (Å²) in [6.45, 7) is 5.89. The lowest BCUT2D eigenvalue weighted by atomic mass is 9.89. The van der Waals surface area contributed by atoms with E-state index in [1.54, 1.807) is 6.92 Å². The molecule has 2 saturated carbocycles. The second-order valence-electron chi connectivity index (χ2n) is 4.81. The topological polar surface area (TPSA) is 26.3 Å². The summed E-state index contributed by atoms with van der Waals surface area (Å²) in [4.78, 5) is 11.2. The molecule has 2 nitrogen and oxygen atoms in total. The molecule has 14 heavy (non-hydrogen) atoms. The van der Waals surface area contributed by atoms with Gasteiger partial charge in [0.05, 0.1) is 6.61 Å². The summed E-state index contributed by atoms with van der Waals surface area (Å²) in [5.74, 6) is 2.16. The van der Waals surface area contributed by atoms with Gasteiger partial charge in [-0.3, -0.25) is 0 Å². The van der Waals surface area contributed by atoms with Crippen molar-refractivity contribution in [1.82, 2.24) is 0 Å². The lowest BCUT2D eigenvalue weighted by Gasteiger charge is -2.21. The Morgan fingerprint density at radius 3 is 2.71 bits per heavy atom. The highest BCUT2D eigenvalue weighted by atomic mass is 16.5. The van der Waals surface area contributed by atoms with Gasteiger partial charge in [-0.2, -0.15) is 0 Å². The molecule has 0 aromatic rings. The molecule has 3 atom stereocenters. The van der Waals surface area contributed by atoms with E-state index >= 15 is 0 Å². The molecule has 2 fully saturated rings. The van der Waals surface area contributed by atoms with Gasteiger partial charge in [0.1, 0.15) is 0 Å². The van der Waals surface area contributed by atoms with E-state index in [2.05, 4.69) is 6.58 Å². The van der Waals surface area contributed by atoms with Crippen LogP contribution in [0.1, 0.15) is 32.6 Å². The Balaban J connectivity index is 1.77. The van der Waals surface area contributed by atoms with Crippen LogP contribution in [-0.4, -0.2) is 12.6 Å². The highest BCUT2D eigenvalue weighted by Crippen LogP contribution is 2.48.